The summed E-state index contributed by atoms with van der Waals surface area (Å²) in [5, 5.41) is 25.4. The molecule has 0 aliphatic rings. The molecule has 0 rings (SSSR count). The quantitative estimate of drug-likeness (QED) is 0.0629. The zero-order chi connectivity index (χ0) is 36.4. The van der Waals surface area contributed by atoms with E-state index in [1.54, 1.807) is 46.9 Å². The topological polar surface area (TPSA) is 60.7 Å². The van der Waals surface area contributed by atoms with Crippen molar-refractivity contribution in [2.75, 3.05) is 19.8 Å². The molecule has 3 radical (unpaired) electrons. The Morgan fingerprint density at radius 1 is 0.298 bits per heavy atom. The van der Waals surface area contributed by atoms with Gasteiger partial charge in [-0.3, -0.25) is 0 Å². The first kappa shape index (κ1) is 56.0. The van der Waals surface area contributed by atoms with Crippen LogP contribution in [-0.2, 0) is 0 Å². The van der Waals surface area contributed by atoms with Gasteiger partial charge in [-0.2, -0.15) is 0 Å². The molecular formula is C41H93O3Sn3. The third kappa shape index (κ3) is 46.3. The summed E-state index contributed by atoms with van der Waals surface area (Å²) in [6.07, 6.45) is 26.5. The minimum atomic E-state index is -0.839. The fourth-order valence-electron chi connectivity index (χ4n) is 5.12. The summed E-state index contributed by atoms with van der Waals surface area (Å²) in [5.41, 5.74) is -0.708. The van der Waals surface area contributed by atoms with Gasteiger partial charge in [-0.1, -0.05) is 6.92 Å². The third-order valence-electron chi connectivity index (χ3n) is 9.10. The van der Waals surface area contributed by atoms with Gasteiger partial charge in [-0.15, -0.1) is 0 Å². The molecule has 0 saturated heterocycles. The summed E-state index contributed by atoms with van der Waals surface area (Å²) in [5.74, 6) is 0. The zero-order valence-electron chi connectivity index (χ0n) is 34.6. The summed E-state index contributed by atoms with van der Waals surface area (Å²) in [6.45, 7) is 22.1. The predicted octanol–water partition coefficient (Wildman–Crippen LogP) is 13.6. The summed E-state index contributed by atoms with van der Waals surface area (Å²) in [6, 6.07) is 0. The van der Waals surface area contributed by atoms with Crippen LogP contribution in [0.4, 0.5) is 0 Å². The van der Waals surface area contributed by atoms with E-state index < -0.39 is 64.7 Å². The van der Waals surface area contributed by atoms with Gasteiger partial charge in [0.15, 0.2) is 0 Å². The Morgan fingerprint density at radius 3 is 0.489 bits per heavy atom. The predicted molar refractivity (Wildman–Crippen MR) is 224 cm³/mol. The second-order valence-electron chi connectivity index (χ2n) is 14.5. The van der Waals surface area contributed by atoms with Crippen LogP contribution < -0.4 is 0 Å². The van der Waals surface area contributed by atoms with Crippen LogP contribution in [0.2, 0.25) is 39.9 Å². The van der Waals surface area contributed by atoms with Crippen molar-refractivity contribution in [1.29, 1.82) is 0 Å². The molecule has 3 N–H and O–H groups in total. The normalized spacial score (nSPS) is 11.2. The van der Waals surface area contributed by atoms with Gasteiger partial charge in [0.25, 0.3) is 0 Å². The molecule has 0 saturated carbocycles. The monoisotopic (exact) mass is 993 g/mol. The molecule has 47 heavy (non-hydrogen) atoms. The molecule has 0 aromatic heterocycles. The average molecular weight is 990 g/mol. The van der Waals surface area contributed by atoms with Crippen LogP contribution in [-0.4, -0.2) is 94.4 Å². The van der Waals surface area contributed by atoms with Gasteiger partial charge < -0.3 is 15.3 Å². The second-order valence-corrected chi connectivity index (χ2v) is 40.2. The van der Waals surface area contributed by atoms with E-state index in [0.29, 0.717) is 0 Å². The molecule has 0 aliphatic heterocycles. The van der Waals surface area contributed by atoms with Crippen molar-refractivity contribution in [1.82, 2.24) is 0 Å². The summed E-state index contributed by atoms with van der Waals surface area (Å²) in [4.78, 5) is 0. The summed E-state index contributed by atoms with van der Waals surface area (Å²) < 4.78 is 15.1. The number of rotatable bonds is 30. The molecule has 0 spiro atoms. The standard InChI is InChI=1S/C5H12O3.9C4H9.3Sn/c1-5(2-6,3-7)4-8;9*1-3-4-2;;;/h6-8H,2-4H2,1H3;9*1,3-4H2,2H3;;;. The molecule has 3 nitrogen and oxygen atoms in total. The molecule has 6 heteroatoms. The molecule has 287 valence electrons. The zero-order valence-corrected chi connectivity index (χ0v) is 43.1. The van der Waals surface area contributed by atoms with Crippen LogP contribution in [0.25, 0.3) is 0 Å². The Bertz CT molecular complexity index is 398. The third-order valence-corrected chi connectivity index (χ3v) is 36.3. The number of aliphatic hydroxyl groups is 3. The molecule has 0 fully saturated rings. The molecule has 0 unspecified atom stereocenters. The molecule has 0 heterocycles. The van der Waals surface area contributed by atoms with Gasteiger partial charge in [0.05, 0.1) is 19.8 Å². The van der Waals surface area contributed by atoms with Crippen molar-refractivity contribution < 1.29 is 15.3 Å². The van der Waals surface area contributed by atoms with Crippen molar-refractivity contribution in [3.63, 3.8) is 0 Å². The van der Waals surface area contributed by atoms with Crippen molar-refractivity contribution in [3.8, 4) is 0 Å². The SMILES string of the molecule is CC(CO)(CO)CO.CCC[CH2][Sn]([CH2]CCC)[CH2]CCC.CCC[CH2][Sn]([CH2]CCC)[CH2]CCC.CCC[CH2][Sn]([CH2]CCC)[CH2]CCC. The fraction of sp³-hybridized carbons (Fsp3) is 1.00. The number of hydrogen-bond acceptors (Lipinski definition) is 3. The van der Waals surface area contributed by atoms with Crippen LogP contribution in [0.1, 0.15) is 185 Å². The number of hydrogen-bond donors (Lipinski definition) is 3. The van der Waals surface area contributed by atoms with Gasteiger partial charge in [0, 0.05) is 5.41 Å². The van der Waals surface area contributed by atoms with Crippen molar-refractivity contribution in [3.05, 3.63) is 0 Å². The first-order valence-electron chi connectivity index (χ1n) is 21.1. The molecule has 0 aromatic carbocycles. The van der Waals surface area contributed by atoms with E-state index in [2.05, 4.69) is 62.3 Å². The van der Waals surface area contributed by atoms with Crippen molar-refractivity contribution >= 4 is 59.3 Å². The summed E-state index contributed by atoms with van der Waals surface area (Å²) >= 11 is -2.52. The first-order valence-corrected chi connectivity index (χ1v) is 39.2. The molecule has 0 atom stereocenters. The molecular weight excluding hydrogens is 897 g/mol. The van der Waals surface area contributed by atoms with E-state index in [0.717, 1.165) is 0 Å². The van der Waals surface area contributed by atoms with Crippen LogP contribution >= 0.6 is 0 Å². The van der Waals surface area contributed by atoms with E-state index in [4.69, 9.17) is 15.3 Å². The van der Waals surface area contributed by atoms with Gasteiger partial charge >= 0.3 is 277 Å². The van der Waals surface area contributed by atoms with E-state index in [1.807, 2.05) is 0 Å². The maximum absolute atomic E-state index is 8.47. The van der Waals surface area contributed by atoms with Crippen LogP contribution in [0.3, 0.4) is 0 Å². The van der Waals surface area contributed by atoms with Gasteiger partial charge in [0.1, 0.15) is 0 Å². The van der Waals surface area contributed by atoms with Crippen LogP contribution in [0, 0.1) is 5.41 Å². The average Bonchev–Trinajstić information content (AvgIpc) is 3.11. The van der Waals surface area contributed by atoms with Crippen LogP contribution in [0.15, 0.2) is 0 Å². The first-order chi connectivity index (χ1) is 22.7. The Labute approximate surface area is 321 Å². The molecule has 0 bridgehead atoms. The van der Waals surface area contributed by atoms with Gasteiger partial charge in [0.2, 0.25) is 0 Å². The van der Waals surface area contributed by atoms with E-state index in [9.17, 15) is 0 Å². The number of aliphatic hydroxyl groups excluding tert-OH is 3. The van der Waals surface area contributed by atoms with E-state index in [-0.39, 0.29) is 19.8 Å². The Balaban J connectivity index is -0.000000266. The van der Waals surface area contributed by atoms with Crippen molar-refractivity contribution in [2.24, 2.45) is 5.41 Å². The Kier molecular flexibility index (Phi) is 57.5. The maximum atomic E-state index is 8.47. The Hall–Kier alpha value is 2.28. The second kappa shape index (κ2) is 48.3. The molecule has 0 amide bonds. The molecule has 0 aliphatic carbocycles. The van der Waals surface area contributed by atoms with Gasteiger partial charge in [-0.25, -0.2) is 0 Å². The fourth-order valence-corrected chi connectivity index (χ4v) is 33.5. The minimum absolute atomic E-state index is 0.181. The molecule has 0 aromatic rings. The van der Waals surface area contributed by atoms with E-state index in [1.165, 1.54) is 116 Å². The van der Waals surface area contributed by atoms with E-state index >= 15 is 0 Å². The Morgan fingerprint density at radius 2 is 0.426 bits per heavy atom. The van der Waals surface area contributed by atoms with Crippen molar-refractivity contribution in [2.45, 2.75) is 225 Å². The van der Waals surface area contributed by atoms with Crippen LogP contribution in [0.5, 0.6) is 0 Å². The van der Waals surface area contributed by atoms with Gasteiger partial charge in [-0.05, 0) is 0 Å². The number of unbranched alkanes of at least 4 members (excludes halogenated alkanes) is 9. The summed E-state index contributed by atoms with van der Waals surface area (Å²) in [7, 11) is 0.